The lowest BCUT2D eigenvalue weighted by Crippen LogP contribution is -2.09. The molecule has 0 radical (unpaired) electrons. The van der Waals surface area contributed by atoms with Gasteiger partial charge in [0.25, 0.3) is 0 Å². The Bertz CT molecular complexity index is 151. The molecule has 0 nitrogen and oxygen atoms in total. The first-order valence-electron chi connectivity index (χ1n) is 7.59. The van der Waals surface area contributed by atoms with Crippen LogP contribution in [0.1, 0.15) is 59.3 Å². The van der Waals surface area contributed by atoms with Crippen molar-refractivity contribution in [1.82, 2.24) is 0 Å². The number of hydrogen-bond donors (Lipinski definition) is 0. The standard InChI is InChI=1S/C15H34PS/c1-5-8-11-16(4,12-9-6-2)13-15-17-14-10-7-3/h5-15H2,1-4H3/q+1. The maximum atomic E-state index is 2.64. The maximum Gasteiger partial charge on any atom is 0.0682 e. The minimum Gasteiger partial charge on any atom is -0.158 e. The Morgan fingerprint density at radius 3 is 1.71 bits per heavy atom. The highest BCUT2D eigenvalue weighted by Gasteiger charge is 2.29. The normalized spacial score (nSPS) is 12.0. The van der Waals surface area contributed by atoms with Crippen molar-refractivity contribution < 1.29 is 0 Å². The fraction of sp³-hybridized carbons (Fsp3) is 1.00. The Kier molecular flexibility index (Phi) is 12.4. The summed E-state index contributed by atoms with van der Waals surface area (Å²) in [5, 5.41) is 0. The Morgan fingerprint density at radius 2 is 1.24 bits per heavy atom. The molecule has 0 saturated carbocycles. The Labute approximate surface area is 115 Å². The van der Waals surface area contributed by atoms with Crippen molar-refractivity contribution in [1.29, 1.82) is 0 Å². The van der Waals surface area contributed by atoms with Gasteiger partial charge >= 0.3 is 0 Å². The molecular weight excluding hydrogens is 243 g/mol. The summed E-state index contributed by atoms with van der Waals surface area (Å²) in [6, 6.07) is 0. The number of rotatable bonds is 12. The topological polar surface area (TPSA) is 0 Å². The van der Waals surface area contributed by atoms with Crippen LogP contribution in [-0.4, -0.2) is 36.7 Å². The summed E-state index contributed by atoms with van der Waals surface area (Å²) in [4.78, 5) is 0. The summed E-state index contributed by atoms with van der Waals surface area (Å²) in [5.41, 5.74) is 0. The van der Waals surface area contributed by atoms with Crippen LogP contribution in [-0.2, 0) is 0 Å². The lowest BCUT2D eigenvalue weighted by Gasteiger charge is -2.23. The molecule has 0 atom stereocenters. The van der Waals surface area contributed by atoms with E-state index in [1.54, 1.807) is 18.5 Å². The summed E-state index contributed by atoms with van der Waals surface area (Å²) < 4.78 is 0. The van der Waals surface area contributed by atoms with Crippen molar-refractivity contribution in [2.24, 2.45) is 0 Å². The zero-order valence-corrected chi connectivity index (χ0v) is 14.3. The highest BCUT2D eigenvalue weighted by atomic mass is 32.2. The van der Waals surface area contributed by atoms with E-state index in [1.807, 2.05) is 0 Å². The van der Waals surface area contributed by atoms with Gasteiger partial charge in [-0.05, 0) is 25.0 Å². The van der Waals surface area contributed by atoms with Crippen molar-refractivity contribution in [3.8, 4) is 0 Å². The first kappa shape index (κ1) is 17.8. The van der Waals surface area contributed by atoms with Crippen LogP contribution in [0.5, 0.6) is 0 Å². The molecule has 0 aliphatic heterocycles. The van der Waals surface area contributed by atoms with Gasteiger partial charge in [-0.3, -0.25) is 0 Å². The van der Waals surface area contributed by atoms with Gasteiger partial charge in [0, 0.05) is 19.7 Å². The number of hydrogen-bond acceptors (Lipinski definition) is 1. The van der Waals surface area contributed by atoms with E-state index in [0.717, 1.165) is 0 Å². The molecular formula is C15H34PS+. The van der Waals surface area contributed by atoms with Crippen LogP contribution >= 0.6 is 19.0 Å². The lowest BCUT2D eigenvalue weighted by atomic mass is 10.4. The van der Waals surface area contributed by atoms with Gasteiger partial charge in [-0.25, -0.2) is 0 Å². The third-order valence-corrected chi connectivity index (χ3v) is 8.99. The van der Waals surface area contributed by atoms with E-state index in [9.17, 15) is 0 Å². The van der Waals surface area contributed by atoms with Crippen LogP contribution < -0.4 is 0 Å². The molecule has 0 aromatic rings. The van der Waals surface area contributed by atoms with Gasteiger partial charge < -0.3 is 0 Å². The average molecular weight is 277 g/mol. The molecule has 0 unspecified atom stereocenters. The second-order valence-corrected chi connectivity index (χ2v) is 11.3. The van der Waals surface area contributed by atoms with Gasteiger partial charge in [0.05, 0.1) is 18.5 Å². The molecule has 0 aliphatic rings. The lowest BCUT2D eigenvalue weighted by molar-refractivity contribution is 0.860. The summed E-state index contributed by atoms with van der Waals surface area (Å²) in [6.45, 7) is 9.60. The van der Waals surface area contributed by atoms with Gasteiger partial charge in [-0.15, -0.1) is 0 Å². The van der Waals surface area contributed by atoms with E-state index in [1.165, 1.54) is 50.0 Å². The van der Waals surface area contributed by atoms with E-state index < -0.39 is 7.26 Å². The smallest absolute Gasteiger partial charge is 0.0682 e. The summed E-state index contributed by atoms with van der Waals surface area (Å²) in [7, 11) is -0.572. The molecule has 0 aromatic heterocycles. The first-order valence-corrected chi connectivity index (χ1v) is 11.5. The summed E-state index contributed by atoms with van der Waals surface area (Å²) >= 11 is 2.20. The second-order valence-electron chi connectivity index (χ2n) is 5.46. The van der Waals surface area contributed by atoms with Crippen LogP contribution in [0.4, 0.5) is 0 Å². The van der Waals surface area contributed by atoms with Gasteiger partial charge in [0.2, 0.25) is 0 Å². The third kappa shape index (κ3) is 10.4. The Balaban J connectivity index is 3.82. The summed E-state index contributed by atoms with van der Waals surface area (Å²) in [5.74, 6) is 2.82. The van der Waals surface area contributed by atoms with Crippen LogP contribution in [0.2, 0.25) is 0 Å². The van der Waals surface area contributed by atoms with Crippen LogP contribution in [0.3, 0.4) is 0 Å². The van der Waals surface area contributed by atoms with Gasteiger partial charge in [0.15, 0.2) is 0 Å². The molecule has 0 rings (SSSR count). The molecule has 0 aromatic carbocycles. The van der Waals surface area contributed by atoms with Crippen molar-refractivity contribution in [2.45, 2.75) is 59.3 Å². The molecule has 0 aliphatic carbocycles. The van der Waals surface area contributed by atoms with Gasteiger partial charge in [-0.1, -0.05) is 40.0 Å². The molecule has 0 heterocycles. The van der Waals surface area contributed by atoms with Crippen molar-refractivity contribution in [3.63, 3.8) is 0 Å². The third-order valence-electron chi connectivity index (χ3n) is 3.52. The highest BCUT2D eigenvalue weighted by Crippen LogP contribution is 2.56. The molecule has 2 heteroatoms. The largest absolute Gasteiger partial charge is 0.158 e. The molecule has 0 bridgehead atoms. The first-order chi connectivity index (χ1) is 8.18. The quantitative estimate of drug-likeness (QED) is 0.322. The Morgan fingerprint density at radius 1 is 0.706 bits per heavy atom. The van der Waals surface area contributed by atoms with Crippen molar-refractivity contribution in [3.05, 3.63) is 0 Å². The van der Waals surface area contributed by atoms with E-state index in [0.29, 0.717) is 0 Å². The van der Waals surface area contributed by atoms with Crippen molar-refractivity contribution in [2.75, 3.05) is 36.7 Å². The molecule has 0 fully saturated rings. The fourth-order valence-corrected chi connectivity index (χ4v) is 7.86. The van der Waals surface area contributed by atoms with E-state index in [4.69, 9.17) is 0 Å². The van der Waals surface area contributed by atoms with Crippen LogP contribution in [0.15, 0.2) is 0 Å². The molecule has 0 spiro atoms. The molecule has 104 valence electrons. The van der Waals surface area contributed by atoms with Gasteiger partial charge in [-0.2, -0.15) is 11.8 Å². The molecule has 17 heavy (non-hydrogen) atoms. The van der Waals surface area contributed by atoms with Crippen LogP contribution in [0, 0.1) is 0 Å². The monoisotopic (exact) mass is 277 g/mol. The second kappa shape index (κ2) is 11.8. The van der Waals surface area contributed by atoms with Gasteiger partial charge in [0.1, 0.15) is 0 Å². The minimum absolute atomic E-state index is 0.572. The average Bonchev–Trinajstić information content (AvgIpc) is 2.34. The number of unbranched alkanes of at least 4 members (excludes halogenated alkanes) is 3. The fourth-order valence-electron chi connectivity index (χ4n) is 2.05. The van der Waals surface area contributed by atoms with E-state index in [2.05, 4.69) is 39.2 Å². The SMILES string of the molecule is CCCCSCC[P+](C)(CCCC)CCCC. The van der Waals surface area contributed by atoms with E-state index >= 15 is 0 Å². The predicted octanol–water partition coefficient (Wildman–Crippen LogP) is 5.77. The highest BCUT2D eigenvalue weighted by molar-refractivity contribution is 7.99. The molecule has 0 saturated heterocycles. The number of thioether (sulfide) groups is 1. The zero-order chi connectivity index (χ0) is 13.0. The maximum absolute atomic E-state index is 2.64. The predicted molar refractivity (Wildman–Crippen MR) is 89.5 cm³/mol. The molecule has 0 N–H and O–H groups in total. The minimum atomic E-state index is -0.572. The zero-order valence-electron chi connectivity index (χ0n) is 12.6. The van der Waals surface area contributed by atoms with Crippen LogP contribution in [0.25, 0.3) is 0 Å². The summed E-state index contributed by atoms with van der Waals surface area (Å²) in [6.07, 6.45) is 13.1. The Hall–Kier alpha value is 0.780. The molecule has 0 amide bonds. The van der Waals surface area contributed by atoms with Crippen molar-refractivity contribution >= 4 is 19.0 Å². The van der Waals surface area contributed by atoms with E-state index in [-0.39, 0.29) is 0 Å².